The van der Waals surface area contributed by atoms with Crippen molar-refractivity contribution >= 4 is 23.3 Å². The Hall–Kier alpha value is -3.06. The number of carbonyl (C=O) groups is 1. The Morgan fingerprint density at radius 2 is 1.71 bits per heavy atom. The molecule has 28 heavy (non-hydrogen) atoms. The van der Waals surface area contributed by atoms with E-state index in [1.165, 1.54) is 24.3 Å². The lowest BCUT2D eigenvalue weighted by molar-refractivity contribution is -0.132. The number of halogens is 1. The highest BCUT2D eigenvalue weighted by molar-refractivity contribution is 6.30. The van der Waals surface area contributed by atoms with E-state index in [0.29, 0.717) is 22.0 Å². The molecule has 0 aliphatic carbocycles. The fraction of sp³-hybridized carbons (Fsp3) is 0.0952. The molecule has 0 aliphatic rings. The highest BCUT2D eigenvalue weighted by Gasteiger charge is 2.29. The molecule has 0 bridgehead atoms. The van der Waals surface area contributed by atoms with Crippen LogP contribution >= 0.6 is 11.6 Å². The summed E-state index contributed by atoms with van der Waals surface area (Å²) >= 11 is 6.09. The number of primary amides is 1. The number of urea groups is 1. The number of aliphatic hydroxyl groups is 2. The molecule has 3 aromatic rings. The number of ether oxygens (including phenoxy) is 1. The van der Waals surface area contributed by atoms with Crippen LogP contribution in [-0.2, 0) is 5.79 Å². The van der Waals surface area contributed by atoms with E-state index in [9.17, 15) is 15.0 Å². The number of anilines is 1. The molecule has 3 rings (SSSR count). The summed E-state index contributed by atoms with van der Waals surface area (Å²) in [5, 5.41) is 24.6. The van der Waals surface area contributed by atoms with Crippen LogP contribution in [0.2, 0.25) is 5.02 Å². The maximum absolute atomic E-state index is 10.9. The highest BCUT2D eigenvalue weighted by atomic mass is 35.5. The minimum atomic E-state index is -2.26. The number of hydrogen-bond donors (Lipinski definition) is 4. The molecular weight excluding hydrogens is 380 g/mol. The third kappa shape index (κ3) is 4.09. The Balaban J connectivity index is 2.02. The molecule has 0 saturated carbocycles. The molecule has 0 aromatic heterocycles. The molecule has 0 saturated heterocycles. The van der Waals surface area contributed by atoms with Crippen LogP contribution in [0.3, 0.4) is 0 Å². The van der Waals surface area contributed by atoms with Crippen molar-refractivity contribution in [2.75, 3.05) is 12.4 Å². The van der Waals surface area contributed by atoms with Crippen LogP contribution < -0.4 is 15.8 Å². The van der Waals surface area contributed by atoms with E-state index in [-0.39, 0.29) is 11.1 Å². The summed E-state index contributed by atoms with van der Waals surface area (Å²) in [4.78, 5) is 10.9. The van der Waals surface area contributed by atoms with E-state index in [1.807, 2.05) is 6.07 Å². The Labute approximate surface area is 167 Å². The summed E-state index contributed by atoms with van der Waals surface area (Å²) in [6.07, 6.45) is 0. The van der Waals surface area contributed by atoms with Gasteiger partial charge in [-0.25, -0.2) is 4.79 Å². The predicted molar refractivity (Wildman–Crippen MR) is 108 cm³/mol. The molecule has 144 valence electrons. The van der Waals surface area contributed by atoms with Crippen molar-refractivity contribution in [1.29, 1.82) is 0 Å². The molecule has 6 nitrogen and oxygen atoms in total. The number of nitrogens with two attached hydrogens (primary N) is 1. The molecule has 3 aromatic carbocycles. The van der Waals surface area contributed by atoms with Gasteiger partial charge in [0.05, 0.1) is 7.11 Å². The smallest absolute Gasteiger partial charge is 0.316 e. The quantitative estimate of drug-likeness (QED) is 0.492. The van der Waals surface area contributed by atoms with Crippen LogP contribution in [0, 0.1) is 0 Å². The molecule has 0 radical (unpaired) electrons. The number of benzene rings is 3. The number of nitrogens with one attached hydrogen (secondary N) is 1. The van der Waals surface area contributed by atoms with Gasteiger partial charge in [-0.2, -0.15) is 0 Å². The van der Waals surface area contributed by atoms with Gasteiger partial charge in [-0.3, -0.25) is 0 Å². The van der Waals surface area contributed by atoms with Crippen molar-refractivity contribution in [1.82, 2.24) is 0 Å². The van der Waals surface area contributed by atoms with Gasteiger partial charge in [-0.1, -0.05) is 35.9 Å². The summed E-state index contributed by atoms with van der Waals surface area (Å²) < 4.78 is 5.41. The van der Waals surface area contributed by atoms with Crippen molar-refractivity contribution in [2.24, 2.45) is 5.73 Å². The zero-order chi connectivity index (χ0) is 20.3. The highest BCUT2D eigenvalue weighted by Crippen LogP contribution is 2.36. The summed E-state index contributed by atoms with van der Waals surface area (Å²) in [7, 11) is 1.54. The predicted octanol–water partition coefficient (Wildman–Crippen LogP) is 3.69. The second-order valence-corrected chi connectivity index (χ2v) is 6.60. The monoisotopic (exact) mass is 398 g/mol. The summed E-state index contributed by atoms with van der Waals surface area (Å²) in [5.41, 5.74) is 7.45. The molecule has 0 atom stereocenters. The van der Waals surface area contributed by atoms with Crippen molar-refractivity contribution in [3.63, 3.8) is 0 Å². The van der Waals surface area contributed by atoms with Crippen LogP contribution in [0.25, 0.3) is 11.1 Å². The van der Waals surface area contributed by atoms with Crippen LogP contribution in [0.15, 0.2) is 66.7 Å². The van der Waals surface area contributed by atoms with Crippen molar-refractivity contribution in [3.05, 3.63) is 82.9 Å². The van der Waals surface area contributed by atoms with Gasteiger partial charge < -0.3 is 26.0 Å². The zero-order valence-corrected chi connectivity index (χ0v) is 15.8. The Morgan fingerprint density at radius 1 is 1.04 bits per heavy atom. The second kappa shape index (κ2) is 7.90. The number of amides is 2. The van der Waals surface area contributed by atoms with Gasteiger partial charge in [0.1, 0.15) is 5.75 Å². The fourth-order valence-electron chi connectivity index (χ4n) is 2.90. The number of methoxy groups -OCH3 is 1. The molecule has 5 N–H and O–H groups in total. The van der Waals surface area contributed by atoms with E-state index in [4.69, 9.17) is 22.1 Å². The lowest BCUT2D eigenvalue weighted by Gasteiger charge is -2.24. The van der Waals surface area contributed by atoms with Gasteiger partial charge in [0.2, 0.25) is 5.79 Å². The lowest BCUT2D eigenvalue weighted by atomic mass is 9.93. The topological polar surface area (TPSA) is 105 Å². The maximum atomic E-state index is 10.9. The molecule has 0 spiro atoms. The van der Waals surface area contributed by atoms with Gasteiger partial charge in [0.15, 0.2) is 0 Å². The molecule has 2 amide bonds. The fourth-order valence-corrected chi connectivity index (χ4v) is 3.09. The minimum absolute atomic E-state index is 0.227. The van der Waals surface area contributed by atoms with E-state index in [2.05, 4.69) is 5.32 Å². The number of rotatable bonds is 5. The minimum Gasteiger partial charge on any atom is -0.496 e. The lowest BCUT2D eigenvalue weighted by Crippen LogP contribution is -2.26. The summed E-state index contributed by atoms with van der Waals surface area (Å²) in [6, 6.07) is 17.4. The Bertz CT molecular complexity index is 1000. The first-order valence-electron chi connectivity index (χ1n) is 8.37. The van der Waals surface area contributed by atoms with Gasteiger partial charge in [-0.15, -0.1) is 0 Å². The summed E-state index contributed by atoms with van der Waals surface area (Å²) in [5.74, 6) is -1.69. The average molecular weight is 399 g/mol. The van der Waals surface area contributed by atoms with Gasteiger partial charge in [-0.05, 0) is 48.0 Å². The van der Waals surface area contributed by atoms with E-state index >= 15 is 0 Å². The SMILES string of the molecule is COc1ccc(C(O)(O)c2ccc(NC(N)=O)cc2)cc1-c1cccc(Cl)c1. The summed E-state index contributed by atoms with van der Waals surface area (Å²) in [6.45, 7) is 0. The second-order valence-electron chi connectivity index (χ2n) is 6.16. The standard InChI is InChI=1S/C21H19ClN2O4/c1-28-19-10-7-15(12-18(19)13-3-2-4-16(22)11-13)21(26,27)14-5-8-17(9-6-14)24-20(23)25/h2-12,26-27H,1H3,(H3,23,24,25). The van der Waals surface area contributed by atoms with Crippen molar-refractivity contribution in [2.45, 2.75) is 5.79 Å². The first-order chi connectivity index (χ1) is 13.3. The number of carbonyl (C=O) groups excluding carboxylic acids is 1. The van der Waals surface area contributed by atoms with Gasteiger partial charge in [0.25, 0.3) is 0 Å². The van der Waals surface area contributed by atoms with Crippen LogP contribution in [0.5, 0.6) is 5.75 Å². The van der Waals surface area contributed by atoms with Crippen LogP contribution in [-0.4, -0.2) is 23.4 Å². The normalized spacial score (nSPS) is 11.1. The zero-order valence-electron chi connectivity index (χ0n) is 15.0. The van der Waals surface area contributed by atoms with Crippen molar-refractivity contribution in [3.8, 4) is 16.9 Å². The molecule has 0 heterocycles. The largest absolute Gasteiger partial charge is 0.496 e. The molecular formula is C21H19ClN2O4. The van der Waals surface area contributed by atoms with Gasteiger partial charge in [0, 0.05) is 27.4 Å². The van der Waals surface area contributed by atoms with Crippen LogP contribution in [0.1, 0.15) is 11.1 Å². The molecule has 0 unspecified atom stereocenters. The van der Waals surface area contributed by atoms with E-state index < -0.39 is 11.8 Å². The molecule has 7 heteroatoms. The first-order valence-corrected chi connectivity index (χ1v) is 8.75. The molecule has 0 aliphatic heterocycles. The van der Waals surface area contributed by atoms with E-state index in [1.54, 1.807) is 43.5 Å². The van der Waals surface area contributed by atoms with E-state index in [0.717, 1.165) is 5.56 Å². The Kier molecular flexibility index (Phi) is 5.56. The first kappa shape index (κ1) is 19.7. The van der Waals surface area contributed by atoms with Crippen LogP contribution in [0.4, 0.5) is 10.5 Å². The van der Waals surface area contributed by atoms with Gasteiger partial charge >= 0.3 is 6.03 Å². The third-order valence-corrected chi connectivity index (χ3v) is 4.53. The average Bonchev–Trinajstić information content (AvgIpc) is 2.67. The molecule has 0 fully saturated rings. The third-order valence-electron chi connectivity index (χ3n) is 4.29. The van der Waals surface area contributed by atoms with Crippen molar-refractivity contribution < 1.29 is 19.7 Å². The number of hydrogen-bond acceptors (Lipinski definition) is 4. The Morgan fingerprint density at radius 3 is 2.32 bits per heavy atom. The maximum Gasteiger partial charge on any atom is 0.316 e.